The smallest absolute Gasteiger partial charge is 0.323 e. The monoisotopic (exact) mass is 375 g/mol. The number of carboxylic acid groups (broad SMARTS) is 1. The third-order valence-corrected chi connectivity index (χ3v) is 4.69. The Kier molecular flexibility index (Phi) is 8.61. The van der Waals surface area contributed by atoms with Gasteiger partial charge >= 0.3 is 12.0 Å². The van der Waals surface area contributed by atoms with Crippen LogP contribution >= 0.6 is 0 Å². The molecule has 1 fully saturated rings. The minimum absolute atomic E-state index is 0.193. The van der Waals surface area contributed by atoms with Crippen molar-refractivity contribution in [3.63, 3.8) is 0 Å². The molecule has 2 rings (SSSR count). The normalized spacial score (nSPS) is 14.4. The molecule has 0 bridgehead atoms. The lowest BCUT2D eigenvalue weighted by Crippen LogP contribution is -2.43. The van der Waals surface area contributed by atoms with Gasteiger partial charge in [-0.3, -0.25) is 9.59 Å². The van der Waals surface area contributed by atoms with Gasteiger partial charge in [-0.05, 0) is 24.8 Å². The Balaban J connectivity index is 1.70. The maximum atomic E-state index is 12.4. The third-order valence-electron chi connectivity index (χ3n) is 4.69. The largest absolute Gasteiger partial charge is 0.480 e. The van der Waals surface area contributed by atoms with Gasteiger partial charge in [0, 0.05) is 25.6 Å². The average molecular weight is 375 g/mol. The molecular formula is C20H29N3O4. The number of benzene rings is 1. The van der Waals surface area contributed by atoms with Crippen molar-refractivity contribution in [2.75, 3.05) is 13.1 Å². The second kappa shape index (κ2) is 11.2. The number of hydrogen-bond acceptors (Lipinski definition) is 3. The highest BCUT2D eigenvalue weighted by molar-refractivity contribution is 5.81. The van der Waals surface area contributed by atoms with Gasteiger partial charge in [0.05, 0.1) is 0 Å². The van der Waals surface area contributed by atoms with E-state index in [2.05, 4.69) is 10.6 Å². The first kappa shape index (κ1) is 20.7. The Labute approximate surface area is 160 Å². The highest BCUT2D eigenvalue weighted by Crippen LogP contribution is 2.17. The molecule has 1 aliphatic rings. The zero-order chi connectivity index (χ0) is 19.5. The molecular weight excluding hydrogens is 346 g/mol. The number of carbonyl (C=O) groups excluding carboxylic acids is 2. The van der Waals surface area contributed by atoms with Gasteiger partial charge in [-0.15, -0.1) is 0 Å². The summed E-state index contributed by atoms with van der Waals surface area (Å²) in [5, 5.41) is 14.8. The number of aliphatic carboxylic acids is 1. The van der Waals surface area contributed by atoms with Gasteiger partial charge in [-0.25, -0.2) is 4.79 Å². The molecule has 1 aromatic carbocycles. The van der Waals surface area contributed by atoms with E-state index in [-0.39, 0.29) is 37.5 Å². The second-order valence-corrected chi connectivity index (χ2v) is 6.97. The zero-order valence-corrected chi connectivity index (χ0v) is 15.7. The van der Waals surface area contributed by atoms with Gasteiger partial charge in [-0.1, -0.05) is 49.6 Å². The molecule has 0 saturated heterocycles. The molecule has 148 valence electrons. The van der Waals surface area contributed by atoms with Crippen LogP contribution in [0.5, 0.6) is 0 Å². The molecule has 0 spiro atoms. The summed E-state index contributed by atoms with van der Waals surface area (Å²) in [6, 6.07) is 9.36. The fourth-order valence-electron chi connectivity index (χ4n) is 3.28. The molecule has 0 heterocycles. The molecule has 3 amide bonds. The average Bonchev–Trinajstić information content (AvgIpc) is 2.66. The van der Waals surface area contributed by atoms with E-state index in [9.17, 15) is 14.4 Å². The van der Waals surface area contributed by atoms with Crippen LogP contribution in [0, 0.1) is 0 Å². The highest BCUT2D eigenvalue weighted by atomic mass is 16.4. The van der Waals surface area contributed by atoms with Crippen LogP contribution in [-0.2, 0) is 16.1 Å². The Bertz CT molecular complexity index is 615. The number of nitrogens with one attached hydrogen (secondary N) is 2. The molecule has 1 aromatic rings. The molecule has 0 atom stereocenters. The summed E-state index contributed by atoms with van der Waals surface area (Å²) >= 11 is 0. The quantitative estimate of drug-likeness (QED) is 0.578. The summed E-state index contributed by atoms with van der Waals surface area (Å²) in [6.45, 7) is 0.321. The maximum absolute atomic E-state index is 12.4. The number of urea groups is 1. The van der Waals surface area contributed by atoms with Gasteiger partial charge in [0.2, 0.25) is 5.91 Å². The van der Waals surface area contributed by atoms with E-state index in [1.54, 1.807) is 0 Å². The summed E-state index contributed by atoms with van der Waals surface area (Å²) in [4.78, 5) is 36.6. The predicted octanol–water partition coefficient (Wildman–Crippen LogP) is 2.51. The summed E-state index contributed by atoms with van der Waals surface area (Å²) < 4.78 is 0. The minimum Gasteiger partial charge on any atom is -0.480 e. The number of hydrogen-bond donors (Lipinski definition) is 3. The van der Waals surface area contributed by atoms with Gasteiger partial charge in [0.1, 0.15) is 6.54 Å². The van der Waals surface area contributed by atoms with Crippen molar-refractivity contribution in [1.82, 2.24) is 15.5 Å². The van der Waals surface area contributed by atoms with Crippen LogP contribution in [-0.4, -0.2) is 47.0 Å². The lowest BCUT2D eigenvalue weighted by Gasteiger charge is -2.23. The molecule has 0 aliphatic heterocycles. The first-order valence-corrected chi connectivity index (χ1v) is 9.62. The van der Waals surface area contributed by atoms with Crippen LogP contribution in [0.25, 0.3) is 0 Å². The van der Waals surface area contributed by atoms with Gasteiger partial charge in [0.15, 0.2) is 0 Å². The van der Waals surface area contributed by atoms with Crippen molar-refractivity contribution < 1.29 is 19.5 Å². The molecule has 27 heavy (non-hydrogen) atoms. The summed E-state index contributed by atoms with van der Waals surface area (Å²) in [5.41, 5.74) is 0.886. The van der Waals surface area contributed by atoms with Crippen molar-refractivity contribution in [2.24, 2.45) is 0 Å². The highest BCUT2D eigenvalue weighted by Gasteiger charge is 2.18. The minimum atomic E-state index is -1.04. The predicted molar refractivity (Wildman–Crippen MR) is 102 cm³/mol. The number of carbonyl (C=O) groups is 3. The topological polar surface area (TPSA) is 98.7 Å². The van der Waals surface area contributed by atoms with Crippen LogP contribution in [0.4, 0.5) is 4.79 Å². The molecule has 3 N–H and O–H groups in total. The van der Waals surface area contributed by atoms with E-state index in [4.69, 9.17) is 5.11 Å². The standard InChI is InChI=1S/C20H29N3O4/c24-18(23(15-19(25)26)14-16-8-3-1-4-9-16)12-7-13-21-20(27)22-17-10-5-2-6-11-17/h1,3-4,8-9,17H,2,5-7,10-15H2,(H,25,26)(H2,21,22,27). The molecule has 0 unspecified atom stereocenters. The van der Waals surface area contributed by atoms with E-state index in [0.717, 1.165) is 31.2 Å². The Morgan fingerprint density at radius 2 is 1.78 bits per heavy atom. The maximum Gasteiger partial charge on any atom is 0.323 e. The molecule has 1 aliphatic carbocycles. The number of rotatable bonds is 9. The van der Waals surface area contributed by atoms with E-state index in [0.29, 0.717) is 13.0 Å². The third kappa shape index (κ3) is 8.11. The van der Waals surface area contributed by atoms with Crippen molar-refractivity contribution in [3.05, 3.63) is 35.9 Å². The Morgan fingerprint density at radius 1 is 1.07 bits per heavy atom. The summed E-state index contributed by atoms with van der Waals surface area (Å²) in [5.74, 6) is -1.26. The van der Waals surface area contributed by atoms with Crippen molar-refractivity contribution in [2.45, 2.75) is 57.5 Å². The van der Waals surface area contributed by atoms with E-state index in [1.165, 1.54) is 11.3 Å². The number of nitrogens with zero attached hydrogens (tertiary/aromatic N) is 1. The van der Waals surface area contributed by atoms with Crippen LogP contribution in [0.3, 0.4) is 0 Å². The van der Waals surface area contributed by atoms with E-state index in [1.807, 2.05) is 30.3 Å². The lowest BCUT2D eigenvalue weighted by molar-refractivity contribution is -0.144. The molecule has 7 nitrogen and oxygen atoms in total. The fourth-order valence-corrected chi connectivity index (χ4v) is 3.28. The summed E-state index contributed by atoms with van der Waals surface area (Å²) in [6.07, 6.45) is 6.26. The zero-order valence-electron chi connectivity index (χ0n) is 15.7. The van der Waals surface area contributed by atoms with Gasteiger partial charge in [-0.2, -0.15) is 0 Å². The lowest BCUT2D eigenvalue weighted by atomic mass is 9.96. The Morgan fingerprint density at radius 3 is 2.44 bits per heavy atom. The molecule has 7 heteroatoms. The Hall–Kier alpha value is -2.57. The first-order chi connectivity index (χ1) is 13.0. The second-order valence-electron chi connectivity index (χ2n) is 6.97. The van der Waals surface area contributed by atoms with Crippen LogP contribution in [0.2, 0.25) is 0 Å². The number of carboxylic acids is 1. The van der Waals surface area contributed by atoms with Crippen molar-refractivity contribution in [3.8, 4) is 0 Å². The van der Waals surface area contributed by atoms with Crippen LogP contribution < -0.4 is 10.6 Å². The fraction of sp³-hybridized carbons (Fsp3) is 0.550. The van der Waals surface area contributed by atoms with Crippen molar-refractivity contribution in [1.29, 1.82) is 0 Å². The van der Waals surface area contributed by atoms with E-state index >= 15 is 0 Å². The van der Waals surface area contributed by atoms with Gasteiger partial charge in [0.25, 0.3) is 0 Å². The first-order valence-electron chi connectivity index (χ1n) is 9.62. The van der Waals surface area contributed by atoms with Crippen molar-refractivity contribution >= 4 is 17.9 Å². The molecule has 0 radical (unpaired) electrons. The van der Waals surface area contributed by atoms with Crippen LogP contribution in [0.1, 0.15) is 50.5 Å². The summed E-state index contributed by atoms with van der Waals surface area (Å²) in [7, 11) is 0. The molecule has 0 aromatic heterocycles. The molecule has 1 saturated carbocycles. The number of amides is 3. The van der Waals surface area contributed by atoms with E-state index < -0.39 is 5.97 Å². The van der Waals surface area contributed by atoms with Crippen LogP contribution in [0.15, 0.2) is 30.3 Å². The van der Waals surface area contributed by atoms with Gasteiger partial charge < -0.3 is 20.6 Å². The SMILES string of the molecule is O=C(O)CN(Cc1ccccc1)C(=O)CCCNC(=O)NC1CCCCC1.